The fourth-order valence-electron chi connectivity index (χ4n) is 8.01. The quantitative estimate of drug-likeness (QED) is 0.222. The van der Waals surface area contributed by atoms with Crippen LogP contribution in [0.3, 0.4) is 0 Å². The van der Waals surface area contributed by atoms with Crippen molar-refractivity contribution in [3.8, 4) is 11.1 Å². The highest BCUT2D eigenvalue weighted by Gasteiger charge is 2.49. The summed E-state index contributed by atoms with van der Waals surface area (Å²) in [6, 6.07) is 23.4. The van der Waals surface area contributed by atoms with Crippen molar-refractivity contribution in [2.75, 3.05) is 50.7 Å². The zero-order valence-corrected chi connectivity index (χ0v) is 27.5. The second kappa shape index (κ2) is 14.6. The van der Waals surface area contributed by atoms with Crippen LogP contribution in [0.5, 0.6) is 0 Å². The van der Waals surface area contributed by atoms with Gasteiger partial charge in [0.2, 0.25) is 5.91 Å². The molecule has 3 aliphatic rings. The van der Waals surface area contributed by atoms with E-state index in [1.807, 2.05) is 77.7 Å². The van der Waals surface area contributed by atoms with Gasteiger partial charge in [-0.05, 0) is 72.7 Å². The number of nitrogens with one attached hydrogen (secondary N) is 1. The van der Waals surface area contributed by atoms with Crippen LogP contribution in [0.15, 0.2) is 85.5 Å². The van der Waals surface area contributed by atoms with Gasteiger partial charge in [0.15, 0.2) is 0 Å². The van der Waals surface area contributed by atoms with Crippen molar-refractivity contribution >= 4 is 17.5 Å². The summed E-state index contributed by atoms with van der Waals surface area (Å²) in [4.78, 5) is 34.1. The van der Waals surface area contributed by atoms with Crippen LogP contribution in [-0.4, -0.2) is 79.6 Å². The van der Waals surface area contributed by atoms with Gasteiger partial charge in [0, 0.05) is 50.0 Å². The molecule has 3 aromatic carbocycles. The molecule has 0 spiro atoms. The highest BCUT2D eigenvalue weighted by molar-refractivity contribution is 6.00. The van der Waals surface area contributed by atoms with Gasteiger partial charge in [0.05, 0.1) is 0 Å². The molecule has 1 saturated carbocycles. The lowest BCUT2D eigenvalue weighted by atomic mass is 9.73. The maximum atomic E-state index is 13.8. The summed E-state index contributed by atoms with van der Waals surface area (Å²) in [7, 11) is 0. The van der Waals surface area contributed by atoms with Crippen LogP contribution in [0.25, 0.3) is 11.1 Å². The summed E-state index contributed by atoms with van der Waals surface area (Å²) >= 11 is 0. The Hall–Kier alpha value is -4.11. The van der Waals surface area contributed by atoms with Crippen LogP contribution in [0.2, 0.25) is 0 Å². The van der Waals surface area contributed by atoms with E-state index in [0.29, 0.717) is 24.9 Å². The fraction of sp³-hybridized carbons (Fsp3) is 0.436. The lowest BCUT2D eigenvalue weighted by Crippen LogP contribution is -2.48. The number of piperazine rings is 1. The van der Waals surface area contributed by atoms with Crippen molar-refractivity contribution in [3.63, 3.8) is 0 Å². The van der Waals surface area contributed by atoms with Gasteiger partial charge >= 0.3 is 6.18 Å². The molecular weight excluding hydrogens is 613 g/mol. The first-order valence-electron chi connectivity index (χ1n) is 17.2. The van der Waals surface area contributed by atoms with E-state index in [2.05, 4.69) is 27.8 Å². The predicted molar refractivity (Wildman–Crippen MR) is 184 cm³/mol. The molecule has 1 heterocycles. The van der Waals surface area contributed by atoms with E-state index >= 15 is 0 Å². The standard InChI is InChI=1S/C39H45F3N4O2/c1-2-21-46(30-13-4-3-5-14-30)36(47)29-12-10-15-31(27-29)45-25-23-44(24-26-45)22-11-20-38(37(48)43-28-39(40,41)42)34-18-8-6-16-32(34)33-17-7-9-19-35(33)38/h2,6-10,12,15-19,27,30H,1,3-5,11,13-14,20-26,28H2,(H,43,48). The summed E-state index contributed by atoms with van der Waals surface area (Å²) in [5, 5.41) is 2.23. The third-order valence-electron chi connectivity index (χ3n) is 10.4. The Labute approximate surface area is 281 Å². The summed E-state index contributed by atoms with van der Waals surface area (Å²) in [5.74, 6) is -0.544. The van der Waals surface area contributed by atoms with E-state index < -0.39 is 24.0 Å². The number of hydrogen-bond acceptors (Lipinski definition) is 4. The van der Waals surface area contributed by atoms with E-state index in [1.54, 1.807) is 0 Å². The normalized spacial score (nSPS) is 17.8. The molecule has 0 bridgehead atoms. The van der Waals surface area contributed by atoms with Gasteiger partial charge < -0.3 is 15.1 Å². The van der Waals surface area contributed by atoms with E-state index in [9.17, 15) is 22.8 Å². The Bertz CT molecular complexity index is 1560. The van der Waals surface area contributed by atoms with E-state index in [-0.39, 0.29) is 11.9 Å². The van der Waals surface area contributed by atoms with E-state index in [0.717, 1.165) is 86.3 Å². The van der Waals surface area contributed by atoms with Crippen molar-refractivity contribution in [2.45, 2.75) is 62.6 Å². The van der Waals surface area contributed by atoms with Gasteiger partial charge in [0.25, 0.3) is 5.91 Å². The second-order valence-electron chi connectivity index (χ2n) is 13.3. The van der Waals surface area contributed by atoms with Crippen molar-refractivity contribution in [3.05, 3.63) is 102 Å². The van der Waals surface area contributed by atoms with Crippen molar-refractivity contribution in [1.82, 2.24) is 15.1 Å². The number of anilines is 1. The van der Waals surface area contributed by atoms with Gasteiger partial charge in [-0.2, -0.15) is 13.2 Å². The average molecular weight is 659 g/mol. The molecular formula is C39H45F3N4O2. The molecule has 48 heavy (non-hydrogen) atoms. The van der Waals surface area contributed by atoms with Crippen LogP contribution < -0.4 is 10.2 Å². The number of amides is 2. The van der Waals surface area contributed by atoms with Crippen molar-refractivity contribution in [2.24, 2.45) is 0 Å². The molecule has 2 aliphatic carbocycles. The van der Waals surface area contributed by atoms with Crippen LogP contribution in [-0.2, 0) is 10.2 Å². The van der Waals surface area contributed by atoms with Crippen LogP contribution >= 0.6 is 0 Å². The van der Waals surface area contributed by atoms with Crippen molar-refractivity contribution in [1.29, 1.82) is 0 Å². The zero-order chi connectivity index (χ0) is 33.7. The Kier molecular flexibility index (Phi) is 10.2. The van der Waals surface area contributed by atoms with Crippen molar-refractivity contribution < 1.29 is 22.8 Å². The summed E-state index contributed by atoms with van der Waals surface area (Å²) in [5.41, 5.74) is 3.87. The molecule has 1 aliphatic heterocycles. The fourth-order valence-corrected chi connectivity index (χ4v) is 8.01. The molecule has 0 unspecified atom stereocenters. The Morgan fingerprint density at radius 1 is 0.896 bits per heavy atom. The minimum atomic E-state index is -4.50. The van der Waals surface area contributed by atoms with Gasteiger partial charge in [-0.3, -0.25) is 14.5 Å². The monoisotopic (exact) mass is 658 g/mol. The van der Waals surface area contributed by atoms with Crippen LogP contribution in [0.4, 0.5) is 18.9 Å². The smallest absolute Gasteiger partial charge is 0.369 e. The Morgan fingerprint density at radius 2 is 1.54 bits per heavy atom. The van der Waals surface area contributed by atoms with Crippen LogP contribution in [0.1, 0.15) is 66.4 Å². The Morgan fingerprint density at radius 3 is 2.17 bits per heavy atom. The van der Waals surface area contributed by atoms with E-state index in [1.165, 1.54) is 6.42 Å². The topological polar surface area (TPSA) is 55.9 Å². The third kappa shape index (κ3) is 7.02. The summed E-state index contributed by atoms with van der Waals surface area (Å²) < 4.78 is 39.7. The number of rotatable bonds is 11. The molecule has 6 rings (SSSR count). The molecule has 0 radical (unpaired) electrons. The molecule has 0 atom stereocenters. The average Bonchev–Trinajstić information content (AvgIpc) is 3.40. The first-order chi connectivity index (χ1) is 23.2. The lowest BCUT2D eigenvalue weighted by Gasteiger charge is -2.37. The molecule has 0 aromatic heterocycles. The number of hydrogen-bond donors (Lipinski definition) is 1. The lowest BCUT2D eigenvalue weighted by molar-refractivity contribution is -0.141. The zero-order valence-electron chi connectivity index (χ0n) is 27.5. The summed E-state index contributed by atoms with van der Waals surface area (Å²) in [6.45, 7) is 7.01. The Balaban J connectivity index is 1.11. The first kappa shape index (κ1) is 33.8. The maximum Gasteiger partial charge on any atom is 0.405 e. The predicted octanol–water partition coefficient (Wildman–Crippen LogP) is 7.19. The second-order valence-corrected chi connectivity index (χ2v) is 13.3. The van der Waals surface area contributed by atoms with Crippen LogP contribution in [0, 0.1) is 0 Å². The molecule has 3 aromatic rings. The number of halogens is 3. The number of carbonyl (C=O) groups excluding carboxylic acids is 2. The minimum absolute atomic E-state index is 0.0607. The van der Waals surface area contributed by atoms with Gasteiger partial charge in [-0.1, -0.05) is 79.9 Å². The molecule has 9 heteroatoms. The number of fused-ring (bicyclic) bond motifs is 3. The molecule has 254 valence electrons. The minimum Gasteiger partial charge on any atom is -0.369 e. The largest absolute Gasteiger partial charge is 0.405 e. The highest BCUT2D eigenvalue weighted by Crippen LogP contribution is 2.51. The highest BCUT2D eigenvalue weighted by atomic mass is 19.4. The number of carbonyl (C=O) groups is 2. The third-order valence-corrected chi connectivity index (χ3v) is 10.4. The van der Waals surface area contributed by atoms with Gasteiger partial charge in [0.1, 0.15) is 12.0 Å². The van der Waals surface area contributed by atoms with Gasteiger partial charge in [-0.15, -0.1) is 6.58 Å². The molecule has 2 amide bonds. The molecule has 1 saturated heterocycles. The number of benzene rings is 3. The number of alkyl halides is 3. The van der Waals surface area contributed by atoms with E-state index in [4.69, 9.17) is 0 Å². The van der Waals surface area contributed by atoms with Gasteiger partial charge in [-0.25, -0.2) is 0 Å². The summed E-state index contributed by atoms with van der Waals surface area (Å²) in [6.07, 6.45) is 3.99. The molecule has 1 N–H and O–H groups in total. The maximum absolute atomic E-state index is 13.8. The SMILES string of the molecule is C=CCN(C(=O)c1cccc(N2CCN(CCCC3(C(=O)NCC(F)(F)F)c4ccccc4-c4ccccc43)CC2)c1)C1CCCCC1. The number of nitrogens with zero attached hydrogens (tertiary/aromatic N) is 3. The molecule has 6 nitrogen and oxygen atoms in total. The molecule has 2 fully saturated rings. The first-order valence-corrected chi connectivity index (χ1v) is 17.2.